The van der Waals surface area contributed by atoms with Crippen molar-refractivity contribution < 1.29 is 25.6 Å². The molecule has 7 nitrogen and oxygen atoms in total. The van der Waals surface area contributed by atoms with Crippen molar-refractivity contribution >= 4 is 19.7 Å². The van der Waals surface area contributed by atoms with Crippen LogP contribution < -0.4 is 0 Å². The molecular weight excluding hydrogens is 496 g/mol. The van der Waals surface area contributed by atoms with Gasteiger partial charge in [-0.2, -0.15) is 5.10 Å². The molecule has 0 saturated heterocycles. The predicted molar refractivity (Wildman–Crippen MR) is 130 cm³/mol. The van der Waals surface area contributed by atoms with Crippen LogP contribution in [0.25, 0.3) is 0 Å². The molecule has 190 valence electrons. The van der Waals surface area contributed by atoms with Crippen molar-refractivity contribution in [2.75, 3.05) is 31.1 Å². The largest absolute Gasteiger partial charge is 0.301 e. The minimum Gasteiger partial charge on any atom is -0.301 e. The molecule has 0 atom stereocenters. The van der Waals surface area contributed by atoms with Crippen molar-refractivity contribution in [2.24, 2.45) is 0 Å². The van der Waals surface area contributed by atoms with Gasteiger partial charge < -0.3 is 4.90 Å². The maximum Gasteiger partial charge on any atom is 0.178 e. The lowest BCUT2D eigenvalue weighted by Gasteiger charge is -2.22. The SMILES string of the molecule is Cc1cnn(CCN(CCCS(=O)(=O)c2ccc(F)cc2)CCCS(=O)(=O)c2ccc(F)cc2)c1. The summed E-state index contributed by atoms with van der Waals surface area (Å²) in [5.74, 6) is -1.22. The molecule has 0 radical (unpaired) electrons. The standard InChI is InChI=1S/C24H29F2N3O4S2/c1-20-18-27-29(19-20)15-14-28(12-2-16-34(30,31)23-8-4-21(25)5-9-23)13-3-17-35(32,33)24-10-6-22(26)7-11-24/h4-11,18-19H,2-3,12-17H2,1H3. The van der Waals surface area contributed by atoms with E-state index in [9.17, 15) is 25.6 Å². The lowest BCUT2D eigenvalue weighted by Crippen LogP contribution is -2.32. The Kier molecular flexibility index (Phi) is 9.15. The summed E-state index contributed by atoms with van der Waals surface area (Å²) < 4.78 is 78.3. The number of rotatable bonds is 13. The maximum atomic E-state index is 13.1. The zero-order chi connectivity index (χ0) is 25.5. The summed E-state index contributed by atoms with van der Waals surface area (Å²) >= 11 is 0. The first-order valence-corrected chi connectivity index (χ1v) is 14.5. The van der Waals surface area contributed by atoms with Crippen molar-refractivity contribution in [3.8, 4) is 0 Å². The van der Waals surface area contributed by atoms with Crippen LogP contribution in [0.1, 0.15) is 18.4 Å². The molecule has 0 unspecified atom stereocenters. The van der Waals surface area contributed by atoms with Gasteiger partial charge in [0.15, 0.2) is 19.7 Å². The Balaban J connectivity index is 1.58. The second kappa shape index (κ2) is 11.9. The van der Waals surface area contributed by atoms with E-state index in [-0.39, 0.29) is 21.3 Å². The highest BCUT2D eigenvalue weighted by Gasteiger charge is 2.18. The summed E-state index contributed by atoms with van der Waals surface area (Å²) in [4.78, 5) is 2.16. The fourth-order valence-corrected chi connectivity index (χ4v) is 6.24. The monoisotopic (exact) mass is 525 g/mol. The van der Waals surface area contributed by atoms with Gasteiger partial charge in [0.2, 0.25) is 0 Å². The molecule has 0 aliphatic carbocycles. The third-order valence-corrected chi connectivity index (χ3v) is 9.16. The van der Waals surface area contributed by atoms with Gasteiger partial charge >= 0.3 is 0 Å². The molecular formula is C24H29F2N3O4S2. The van der Waals surface area contributed by atoms with Crippen molar-refractivity contribution in [2.45, 2.75) is 36.1 Å². The molecule has 0 N–H and O–H groups in total. The van der Waals surface area contributed by atoms with Gasteiger partial charge in [0.1, 0.15) is 11.6 Å². The van der Waals surface area contributed by atoms with Crippen LogP contribution in [0.15, 0.2) is 70.7 Å². The first kappa shape index (κ1) is 27.0. The predicted octanol–water partition coefficient (Wildman–Crippen LogP) is 3.50. The molecule has 0 fully saturated rings. The number of benzene rings is 2. The smallest absolute Gasteiger partial charge is 0.178 e. The van der Waals surface area contributed by atoms with E-state index in [4.69, 9.17) is 0 Å². The molecule has 0 saturated carbocycles. The molecule has 35 heavy (non-hydrogen) atoms. The van der Waals surface area contributed by atoms with Crippen LogP contribution in [0.4, 0.5) is 8.78 Å². The van der Waals surface area contributed by atoms with Crippen molar-refractivity contribution in [1.82, 2.24) is 14.7 Å². The Bertz CT molecular complexity index is 1230. The highest BCUT2D eigenvalue weighted by atomic mass is 32.2. The minimum atomic E-state index is -3.56. The molecule has 3 aromatic rings. The van der Waals surface area contributed by atoms with E-state index >= 15 is 0 Å². The maximum absolute atomic E-state index is 13.1. The van der Waals surface area contributed by atoms with Crippen LogP contribution >= 0.6 is 0 Å². The Hall–Kier alpha value is -2.63. The molecule has 11 heteroatoms. The van der Waals surface area contributed by atoms with Crippen LogP contribution in [0.5, 0.6) is 0 Å². The fourth-order valence-electron chi connectivity index (χ4n) is 3.64. The van der Waals surface area contributed by atoms with E-state index in [2.05, 4.69) is 5.10 Å². The molecule has 3 rings (SSSR count). The zero-order valence-electron chi connectivity index (χ0n) is 19.5. The van der Waals surface area contributed by atoms with Crippen LogP contribution in [0.3, 0.4) is 0 Å². The quantitative estimate of drug-likeness (QED) is 0.318. The van der Waals surface area contributed by atoms with Crippen LogP contribution in [-0.2, 0) is 26.2 Å². The molecule has 0 amide bonds. The average molecular weight is 526 g/mol. The highest BCUT2D eigenvalue weighted by molar-refractivity contribution is 7.91. The number of halogens is 2. The highest BCUT2D eigenvalue weighted by Crippen LogP contribution is 2.15. The normalized spacial score (nSPS) is 12.3. The Morgan fingerprint density at radius 1 is 0.771 bits per heavy atom. The summed E-state index contributed by atoms with van der Waals surface area (Å²) in [7, 11) is -7.11. The number of sulfone groups is 2. The minimum absolute atomic E-state index is 0.0721. The van der Waals surface area contributed by atoms with Gasteiger partial charge in [-0.15, -0.1) is 0 Å². The molecule has 0 bridgehead atoms. The van der Waals surface area contributed by atoms with Gasteiger partial charge in [-0.05, 0) is 86.9 Å². The molecule has 2 aromatic carbocycles. The number of hydrogen-bond acceptors (Lipinski definition) is 6. The molecule has 1 heterocycles. The lowest BCUT2D eigenvalue weighted by molar-refractivity contribution is 0.260. The Morgan fingerprint density at radius 3 is 1.63 bits per heavy atom. The molecule has 0 aliphatic heterocycles. The molecule has 0 aliphatic rings. The van der Waals surface area contributed by atoms with Crippen LogP contribution in [0, 0.1) is 18.6 Å². The second-order valence-electron chi connectivity index (χ2n) is 8.38. The summed E-state index contributed by atoms with van der Waals surface area (Å²) in [6.45, 7) is 3.95. The van der Waals surface area contributed by atoms with Crippen molar-refractivity contribution in [3.63, 3.8) is 0 Å². The van der Waals surface area contributed by atoms with E-state index < -0.39 is 31.3 Å². The Labute approximate surface area is 205 Å². The van der Waals surface area contributed by atoms with Crippen molar-refractivity contribution in [3.05, 3.63) is 78.1 Å². The van der Waals surface area contributed by atoms with Gasteiger partial charge in [0.25, 0.3) is 0 Å². The number of hydrogen-bond donors (Lipinski definition) is 0. The van der Waals surface area contributed by atoms with Crippen LogP contribution in [0.2, 0.25) is 0 Å². The number of nitrogens with zero attached hydrogens (tertiary/aromatic N) is 3. The lowest BCUT2D eigenvalue weighted by atomic mass is 10.3. The van der Waals surface area contributed by atoms with Gasteiger partial charge in [0.05, 0.1) is 34.0 Å². The number of aromatic nitrogens is 2. The summed E-state index contributed by atoms with van der Waals surface area (Å²) in [5.41, 5.74) is 1.02. The van der Waals surface area contributed by atoms with E-state index in [0.29, 0.717) is 39.0 Å². The van der Waals surface area contributed by atoms with E-state index in [0.717, 1.165) is 29.8 Å². The first-order valence-electron chi connectivity index (χ1n) is 11.2. The first-order chi connectivity index (χ1) is 16.5. The summed E-state index contributed by atoms with van der Waals surface area (Å²) in [5, 5.41) is 4.26. The Morgan fingerprint density at radius 2 is 1.23 bits per heavy atom. The second-order valence-corrected chi connectivity index (χ2v) is 12.6. The third-order valence-electron chi connectivity index (χ3n) is 5.53. The molecule has 0 spiro atoms. The van der Waals surface area contributed by atoms with E-state index in [1.54, 1.807) is 10.9 Å². The third kappa shape index (κ3) is 8.22. The fraction of sp³-hybridized carbons (Fsp3) is 0.375. The van der Waals surface area contributed by atoms with Crippen molar-refractivity contribution in [1.29, 1.82) is 0 Å². The van der Waals surface area contributed by atoms with Crippen LogP contribution in [-0.4, -0.2) is 62.7 Å². The summed E-state index contributed by atoms with van der Waals surface area (Å²) in [6.07, 6.45) is 4.32. The van der Waals surface area contributed by atoms with Gasteiger partial charge in [-0.3, -0.25) is 4.68 Å². The van der Waals surface area contributed by atoms with Gasteiger partial charge in [-0.25, -0.2) is 25.6 Å². The molecule has 1 aromatic heterocycles. The van der Waals surface area contributed by atoms with Gasteiger partial charge in [0, 0.05) is 12.7 Å². The van der Waals surface area contributed by atoms with E-state index in [1.165, 1.54) is 24.3 Å². The average Bonchev–Trinajstić information content (AvgIpc) is 3.22. The number of aryl methyl sites for hydroxylation is 1. The topological polar surface area (TPSA) is 89.3 Å². The van der Waals surface area contributed by atoms with E-state index in [1.807, 2.05) is 18.0 Å². The summed E-state index contributed by atoms with van der Waals surface area (Å²) in [6, 6.07) is 9.48. The zero-order valence-corrected chi connectivity index (χ0v) is 21.1. The van der Waals surface area contributed by atoms with Gasteiger partial charge in [-0.1, -0.05) is 0 Å².